The fraction of sp³-hybridized carbons (Fsp3) is 0.429. The largest absolute Gasteiger partial charge is 0.342 e. The predicted molar refractivity (Wildman–Crippen MR) is 142 cm³/mol. The summed E-state index contributed by atoms with van der Waals surface area (Å²) in [5.41, 5.74) is 3.96. The molecule has 0 radical (unpaired) electrons. The van der Waals surface area contributed by atoms with E-state index < -0.39 is 0 Å². The molecule has 2 amide bonds. The number of aromatic nitrogens is 4. The van der Waals surface area contributed by atoms with Crippen molar-refractivity contribution < 1.29 is 9.59 Å². The Balaban J connectivity index is 1.21. The lowest BCUT2D eigenvalue weighted by molar-refractivity contribution is -0.134. The van der Waals surface area contributed by atoms with Crippen LogP contribution in [-0.2, 0) is 4.79 Å². The first-order valence-corrected chi connectivity index (χ1v) is 12.9. The maximum Gasteiger partial charge on any atom is 0.252 e. The first kappa shape index (κ1) is 25.4. The Labute approximate surface area is 222 Å². The van der Waals surface area contributed by atoms with Gasteiger partial charge in [0.15, 0.2) is 0 Å². The lowest BCUT2D eigenvalue weighted by atomic mass is 10.0. The number of rotatable bonds is 7. The topological polar surface area (TPSA) is 129 Å². The highest BCUT2D eigenvalue weighted by Crippen LogP contribution is 2.52. The van der Waals surface area contributed by atoms with Gasteiger partial charge in [-0.15, -0.1) is 0 Å². The SMILES string of the molecule is Cc1cnc(Nc2cnn(C3CCN(C(=O)C4CC4(C)C)CC3)c2)nc1-c1ccc(C(=O)NCC#N)cc1. The molecule has 5 rings (SSSR count). The molecule has 38 heavy (non-hydrogen) atoms. The van der Waals surface area contributed by atoms with E-state index in [-0.39, 0.29) is 29.8 Å². The molecule has 10 heteroatoms. The molecule has 2 fully saturated rings. The van der Waals surface area contributed by atoms with Gasteiger partial charge in [-0.25, -0.2) is 9.97 Å². The smallest absolute Gasteiger partial charge is 0.252 e. The molecule has 10 nitrogen and oxygen atoms in total. The molecule has 2 N–H and O–H groups in total. The molecular formula is C28H32N8O2. The minimum Gasteiger partial charge on any atom is -0.342 e. The Kier molecular flexibility index (Phi) is 6.85. The zero-order chi connectivity index (χ0) is 26.9. The number of hydrogen-bond acceptors (Lipinski definition) is 7. The molecule has 2 aromatic heterocycles. The number of anilines is 2. The van der Waals surface area contributed by atoms with Crippen LogP contribution in [0.4, 0.5) is 11.6 Å². The first-order valence-electron chi connectivity index (χ1n) is 12.9. The maximum absolute atomic E-state index is 12.7. The average Bonchev–Trinajstić information content (AvgIpc) is 3.32. The van der Waals surface area contributed by atoms with Gasteiger partial charge < -0.3 is 15.5 Å². The number of carbonyl (C=O) groups excluding carboxylic acids is 2. The van der Waals surface area contributed by atoms with Crippen LogP contribution in [0.2, 0.25) is 0 Å². The van der Waals surface area contributed by atoms with Gasteiger partial charge in [0.25, 0.3) is 5.91 Å². The predicted octanol–water partition coefficient (Wildman–Crippen LogP) is 3.86. The molecule has 0 spiro atoms. The molecule has 1 atom stereocenters. The Hall–Kier alpha value is -4.26. The van der Waals surface area contributed by atoms with Gasteiger partial charge in [0.2, 0.25) is 11.9 Å². The van der Waals surface area contributed by atoms with Crippen LogP contribution >= 0.6 is 0 Å². The highest BCUT2D eigenvalue weighted by molar-refractivity contribution is 5.94. The second kappa shape index (κ2) is 10.2. The van der Waals surface area contributed by atoms with Gasteiger partial charge in [0, 0.05) is 42.5 Å². The minimum atomic E-state index is -0.291. The number of nitriles is 1. The molecule has 1 saturated heterocycles. The van der Waals surface area contributed by atoms with Crippen molar-refractivity contribution in [2.24, 2.45) is 11.3 Å². The second-order valence-electron chi connectivity index (χ2n) is 10.8. The van der Waals surface area contributed by atoms with Gasteiger partial charge in [0.1, 0.15) is 6.54 Å². The van der Waals surface area contributed by atoms with Crippen molar-refractivity contribution in [1.29, 1.82) is 5.26 Å². The lowest BCUT2D eigenvalue weighted by Gasteiger charge is -2.32. The Morgan fingerprint density at radius 1 is 1.16 bits per heavy atom. The number of nitrogens with one attached hydrogen (secondary N) is 2. The Bertz CT molecular complexity index is 1380. The lowest BCUT2D eigenvalue weighted by Crippen LogP contribution is -2.40. The summed E-state index contributed by atoms with van der Waals surface area (Å²) in [6.45, 7) is 7.76. The minimum absolute atomic E-state index is 0.0327. The van der Waals surface area contributed by atoms with Crippen LogP contribution in [-0.4, -0.2) is 56.1 Å². The van der Waals surface area contributed by atoms with E-state index in [0.717, 1.165) is 54.9 Å². The third-order valence-electron chi connectivity index (χ3n) is 7.54. The van der Waals surface area contributed by atoms with Crippen molar-refractivity contribution in [1.82, 2.24) is 30.0 Å². The molecule has 196 valence electrons. The van der Waals surface area contributed by atoms with E-state index in [9.17, 15) is 9.59 Å². The molecule has 3 aromatic rings. The van der Waals surface area contributed by atoms with Crippen LogP contribution in [0, 0.1) is 29.6 Å². The van der Waals surface area contributed by atoms with Crippen molar-refractivity contribution in [2.75, 3.05) is 25.0 Å². The van der Waals surface area contributed by atoms with Crippen LogP contribution < -0.4 is 10.6 Å². The summed E-state index contributed by atoms with van der Waals surface area (Å²) in [5.74, 6) is 0.653. The van der Waals surface area contributed by atoms with Gasteiger partial charge in [-0.2, -0.15) is 10.4 Å². The maximum atomic E-state index is 12.7. The van der Waals surface area contributed by atoms with Crippen LogP contribution in [0.25, 0.3) is 11.3 Å². The second-order valence-corrected chi connectivity index (χ2v) is 10.8. The van der Waals surface area contributed by atoms with Crippen molar-refractivity contribution in [3.63, 3.8) is 0 Å². The van der Waals surface area contributed by atoms with Crippen LogP contribution in [0.15, 0.2) is 42.9 Å². The normalized spacial score (nSPS) is 18.5. The quantitative estimate of drug-likeness (QED) is 0.460. The number of nitrogens with zero attached hydrogens (tertiary/aromatic N) is 6. The van der Waals surface area contributed by atoms with Crippen LogP contribution in [0.1, 0.15) is 55.1 Å². The van der Waals surface area contributed by atoms with E-state index in [1.807, 2.05) is 40.9 Å². The number of aryl methyl sites for hydroxylation is 1. The molecule has 0 bridgehead atoms. The molecule has 3 heterocycles. The van der Waals surface area contributed by atoms with Gasteiger partial charge in [0.05, 0.1) is 29.7 Å². The van der Waals surface area contributed by atoms with E-state index in [0.29, 0.717) is 17.4 Å². The highest BCUT2D eigenvalue weighted by atomic mass is 16.2. The number of hydrogen-bond donors (Lipinski definition) is 2. The van der Waals surface area contributed by atoms with Gasteiger partial charge in [-0.1, -0.05) is 26.0 Å². The monoisotopic (exact) mass is 512 g/mol. The molecule has 1 aliphatic heterocycles. The number of likely N-dealkylation sites (tertiary alicyclic amines) is 1. The summed E-state index contributed by atoms with van der Waals surface area (Å²) in [4.78, 5) is 35.9. The zero-order valence-corrected chi connectivity index (χ0v) is 21.9. The van der Waals surface area contributed by atoms with Crippen molar-refractivity contribution >= 4 is 23.5 Å². The average molecular weight is 513 g/mol. The summed E-state index contributed by atoms with van der Waals surface area (Å²) in [6, 6.07) is 9.24. The summed E-state index contributed by atoms with van der Waals surface area (Å²) in [5, 5.41) is 19.0. The van der Waals surface area contributed by atoms with Crippen molar-refractivity contribution in [3.05, 3.63) is 54.0 Å². The Morgan fingerprint density at radius 3 is 2.53 bits per heavy atom. The summed E-state index contributed by atoms with van der Waals surface area (Å²) in [7, 11) is 0. The number of carbonyl (C=O) groups is 2. The van der Waals surface area contributed by atoms with E-state index >= 15 is 0 Å². The standard InChI is InChI=1S/C28H32N8O2/c1-18-15-31-27(34-24(18)19-4-6-20(7-5-19)25(37)30-11-10-29)33-21-16-32-36(17-21)22-8-12-35(13-9-22)26(38)23-14-28(23,2)3/h4-7,15-17,22-23H,8-9,11-14H2,1-3H3,(H,30,37)(H,31,33,34). The molecule has 1 unspecified atom stereocenters. The summed E-state index contributed by atoms with van der Waals surface area (Å²) < 4.78 is 1.97. The third-order valence-corrected chi connectivity index (χ3v) is 7.54. The van der Waals surface area contributed by atoms with Gasteiger partial charge in [-0.05, 0) is 49.3 Å². The molecule has 2 aliphatic rings. The van der Waals surface area contributed by atoms with Gasteiger partial charge >= 0.3 is 0 Å². The van der Waals surface area contributed by atoms with E-state index in [4.69, 9.17) is 10.2 Å². The van der Waals surface area contributed by atoms with E-state index in [1.165, 1.54) is 0 Å². The molecule has 1 aliphatic carbocycles. The number of amides is 2. The van der Waals surface area contributed by atoms with Crippen LogP contribution in [0.5, 0.6) is 0 Å². The van der Waals surface area contributed by atoms with Gasteiger partial charge in [-0.3, -0.25) is 14.3 Å². The van der Waals surface area contributed by atoms with Crippen molar-refractivity contribution in [3.8, 4) is 17.3 Å². The fourth-order valence-corrected chi connectivity index (χ4v) is 4.99. The highest BCUT2D eigenvalue weighted by Gasteiger charge is 2.52. The third kappa shape index (κ3) is 5.37. The van der Waals surface area contributed by atoms with E-state index in [1.54, 1.807) is 24.5 Å². The zero-order valence-electron chi connectivity index (χ0n) is 21.9. The van der Waals surface area contributed by atoms with Crippen molar-refractivity contribution in [2.45, 2.75) is 46.1 Å². The first-order chi connectivity index (χ1) is 18.2. The van der Waals surface area contributed by atoms with Crippen LogP contribution in [0.3, 0.4) is 0 Å². The Morgan fingerprint density at radius 2 is 1.87 bits per heavy atom. The van der Waals surface area contributed by atoms with E-state index in [2.05, 4.69) is 34.6 Å². The number of benzene rings is 1. The fourth-order valence-electron chi connectivity index (χ4n) is 4.99. The molecule has 1 aromatic carbocycles. The summed E-state index contributed by atoms with van der Waals surface area (Å²) in [6.07, 6.45) is 8.25. The number of piperidine rings is 1. The summed E-state index contributed by atoms with van der Waals surface area (Å²) >= 11 is 0. The molecule has 1 saturated carbocycles. The molecular weight excluding hydrogens is 480 g/mol.